The third-order valence-corrected chi connectivity index (χ3v) is 3.37. The number of rotatable bonds is 3. The van der Waals surface area contributed by atoms with Crippen LogP contribution < -0.4 is 5.73 Å². The standard InChI is InChI=1S/C15H13N3O2/c16-11-1-2-12-13(9-11)15(20)18(14(12)19)8-5-10-3-6-17-7-4-10/h1-4,6-7,9H,5,8,16H2. The average molecular weight is 267 g/mol. The van der Waals surface area contributed by atoms with Crippen molar-refractivity contribution >= 4 is 17.5 Å². The Labute approximate surface area is 116 Å². The van der Waals surface area contributed by atoms with Gasteiger partial charge >= 0.3 is 0 Å². The second-order valence-corrected chi connectivity index (χ2v) is 4.67. The van der Waals surface area contributed by atoms with Crippen LogP contribution in [0.25, 0.3) is 0 Å². The number of benzene rings is 1. The molecule has 1 aromatic carbocycles. The molecule has 2 heterocycles. The number of carbonyl (C=O) groups excluding carboxylic acids is 2. The van der Waals surface area contributed by atoms with Gasteiger partial charge in [0.2, 0.25) is 0 Å². The molecule has 20 heavy (non-hydrogen) atoms. The maximum atomic E-state index is 12.2. The topological polar surface area (TPSA) is 76.3 Å². The number of anilines is 1. The number of nitrogen functional groups attached to an aromatic ring is 1. The molecule has 0 saturated heterocycles. The van der Waals surface area contributed by atoms with Crippen LogP contribution in [0.3, 0.4) is 0 Å². The molecule has 100 valence electrons. The summed E-state index contributed by atoms with van der Waals surface area (Å²) in [6.45, 7) is 0.357. The molecule has 2 amide bonds. The Morgan fingerprint density at radius 2 is 1.70 bits per heavy atom. The number of hydrogen-bond acceptors (Lipinski definition) is 4. The van der Waals surface area contributed by atoms with E-state index in [0.717, 1.165) is 5.56 Å². The van der Waals surface area contributed by atoms with Crippen LogP contribution in [0.1, 0.15) is 26.3 Å². The van der Waals surface area contributed by atoms with Crippen LogP contribution in [-0.2, 0) is 6.42 Å². The van der Waals surface area contributed by atoms with Crippen LogP contribution in [0.5, 0.6) is 0 Å². The van der Waals surface area contributed by atoms with Gasteiger partial charge in [0.15, 0.2) is 0 Å². The quantitative estimate of drug-likeness (QED) is 0.675. The fraction of sp³-hybridized carbons (Fsp3) is 0.133. The van der Waals surface area contributed by atoms with Gasteiger partial charge in [-0.25, -0.2) is 0 Å². The molecule has 0 bridgehead atoms. The molecular weight excluding hydrogens is 254 g/mol. The molecule has 0 atom stereocenters. The summed E-state index contributed by atoms with van der Waals surface area (Å²) in [5.74, 6) is -0.523. The van der Waals surface area contributed by atoms with Crippen LogP contribution in [0, 0.1) is 0 Å². The summed E-state index contributed by atoms with van der Waals surface area (Å²) in [5, 5.41) is 0. The Kier molecular flexibility index (Phi) is 2.95. The van der Waals surface area contributed by atoms with E-state index in [9.17, 15) is 9.59 Å². The predicted molar refractivity (Wildman–Crippen MR) is 74.2 cm³/mol. The number of amides is 2. The van der Waals surface area contributed by atoms with E-state index in [1.54, 1.807) is 30.6 Å². The summed E-state index contributed by atoms with van der Waals surface area (Å²) < 4.78 is 0. The molecule has 5 nitrogen and oxygen atoms in total. The number of aromatic nitrogens is 1. The van der Waals surface area contributed by atoms with Gasteiger partial charge in [-0.05, 0) is 42.3 Å². The van der Waals surface area contributed by atoms with E-state index >= 15 is 0 Å². The number of nitrogens with two attached hydrogens (primary N) is 1. The number of hydrogen-bond donors (Lipinski definition) is 1. The van der Waals surface area contributed by atoms with Gasteiger partial charge in [-0.2, -0.15) is 0 Å². The predicted octanol–water partition coefficient (Wildman–Crippen LogP) is 1.50. The first-order valence-electron chi connectivity index (χ1n) is 6.31. The van der Waals surface area contributed by atoms with E-state index in [1.807, 2.05) is 12.1 Å². The monoisotopic (exact) mass is 267 g/mol. The molecule has 0 aliphatic carbocycles. The minimum Gasteiger partial charge on any atom is -0.399 e. The van der Waals surface area contributed by atoms with Crippen molar-refractivity contribution in [2.75, 3.05) is 12.3 Å². The molecule has 1 aromatic heterocycles. The van der Waals surface area contributed by atoms with Gasteiger partial charge in [0.1, 0.15) is 0 Å². The first-order chi connectivity index (χ1) is 9.66. The number of pyridine rings is 1. The summed E-state index contributed by atoms with van der Waals surface area (Å²) in [7, 11) is 0. The minimum atomic E-state index is -0.272. The number of imide groups is 1. The van der Waals surface area contributed by atoms with Gasteiger partial charge in [-0.1, -0.05) is 0 Å². The van der Waals surface area contributed by atoms with Crippen molar-refractivity contribution in [3.05, 3.63) is 59.4 Å². The molecule has 0 saturated carbocycles. The first kappa shape index (κ1) is 12.3. The lowest BCUT2D eigenvalue weighted by Crippen LogP contribution is -2.31. The fourth-order valence-corrected chi connectivity index (χ4v) is 2.30. The third-order valence-electron chi connectivity index (χ3n) is 3.37. The SMILES string of the molecule is Nc1ccc2c(c1)C(=O)N(CCc1ccncc1)C2=O. The summed E-state index contributed by atoms with van der Waals surface area (Å²) in [6.07, 6.45) is 4.00. The molecule has 1 aliphatic rings. The highest BCUT2D eigenvalue weighted by atomic mass is 16.2. The number of fused-ring (bicyclic) bond motifs is 1. The van der Waals surface area contributed by atoms with Crippen molar-refractivity contribution in [3.8, 4) is 0 Å². The Morgan fingerprint density at radius 1 is 1.00 bits per heavy atom. The Hall–Kier alpha value is -2.69. The van der Waals surface area contributed by atoms with Crippen molar-refractivity contribution < 1.29 is 9.59 Å². The molecule has 0 unspecified atom stereocenters. The Morgan fingerprint density at radius 3 is 2.45 bits per heavy atom. The average Bonchev–Trinajstić information content (AvgIpc) is 2.70. The lowest BCUT2D eigenvalue weighted by molar-refractivity contribution is 0.0656. The number of nitrogens with zero attached hydrogens (tertiary/aromatic N) is 2. The van der Waals surface area contributed by atoms with Crippen LogP contribution in [0.4, 0.5) is 5.69 Å². The zero-order valence-corrected chi connectivity index (χ0v) is 10.7. The molecule has 2 aromatic rings. The van der Waals surface area contributed by atoms with Gasteiger partial charge in [-0.15, -0.1) is 0 Å². The van der Waals surface area contributed by atoms with Crippen LogP contribution in [-0.4, -0.2) is 28.2 Å². The normalized spacial score (nSPS) is 13.7. The highest BCUT2D eigenvalue weighted by molar-refractivity contribution is 6.21. The van der Waals surface area contributed by atoms with Crippen molar-refractivity contribution in [3.63, 3.8) is 0 Å². The largest absolute Gasteiger partial charge is 0.399 e. The Balaban J connectivity index is 1.80. The second-order valence-electron chi connectivity index (χ2n) is 4.67. The van der Waals surface area contributed by atoms with Crippen LogP contribution >= 0.6 is 0 Å². The third kappa shape index (κ3) is 2.03. The molecule has 5 heteroatoms. The van der Waals surface area contributed by atoms with Crippen molar-refractivity contribution in [2.45, 2.75) is 6.42 Å². The first-order valence-corrected chi connectivity index (χ1v) is 6.31. The molecule has 0 spiro atoms. The van der Waals surface area contributed by atoms with Crippen molar-refractivity contribution in [1.82, 2.24) is 9.88 Å². The zero-order valence-electron chi connectivity index (χ0n) is 10.7. The summed E-state index contributed by atoms with van der Waals surface area (Å²) in [4.78, 5) is 29.6. The summed E-state index contributed by atoms with van der Waals surface area (Å²) in [6, 6.07) is 8.54. The van der Waals surface area contributed by atoms with Crippen molar-refractivity contribution in [1.29, 1.82) is 0 Å². The molecule has 1 aliphatic heterocycles. The van der Waals surface area contributed by atoms with Gasteiger partial charge in [0.05, 0.1) is 11.1 Å². The highest BCUT2D eigenvalue weighted by Crippen LogP contribution is 2.24. The van der Waals surface area contributed by atoms with E-state index in [-0.39, 0.29) is 11.8 Å². The van der Waals surface area contributed by atoms with Gasteiger partial charge in [-0.3, -0.25) is 19.5 Å². The Bertz CT molecular complexity index is 683. The van der Waals surface area contributed by atoms with Gasteiger partial charge in [0.25, 0.3) is 11.8 Å². The highest BCUT2D eigenvalue weighted by Gasteiger charge is 2.34. The maximum absolute atomic E-state index is 12.2. The molecule has 2 N–H and O–H groups in total. The fourth-order valence-electron chi connectivity index (χ4n) is 2.30. The molecule has 3 rings (SSSR count). The maximum Gasteiger partial charge on any atom is 0.261 e. The van der Waals surface area contributed by atoms with Crippen molar-refractivity contribution in [2.24, 2.45) is 0 Å². The van der Waals surface area contributed by atoms with E-state index in [2.05, 4.69) is 4.98 Å². The van der Waals surface area contributed by atoms with Gasteiger partial charge in [0, 0.05) is 24.6 Å². The molecule has 0 fully saturated rings. The van der Waals surface area contributed by atoms with Crippen LogP contribution in [0.2, 0.25) is 0 Å². The zero-order chi connectivity index (χ0) is 14.1. The van der Waals surface area contributed by atoms with E-state index in [1.165, 1.54) is 4.90 Å². The van der Waals surface area contributed by atoms with E-state index in [4.69, 9.17) is 5.73 Å². The lowest BCUT2D eigenvalue weighted by Gasteiger charge is -2.13. The minimum absolute atomic E-state index is 0.251. The van der Waals surface area contributed by atoms with Crippen LogP contribution in [0.15, 0.2) is 42.7 Å². The van der Waals surface area contributed by atoms with E-state index < -0.39 is 0 Å². The second kappa shape index (κ2) is 4.77. The molecule has 0 radical (unpaired) electrons. The lowest BCUT2D eigenvalue weighted by atomic mass is 10.1. The smallest absolute Gasteiger partial charge is 0.261 e. The molecular formula is C15H13N3O2. The van der Waals surface area contributed by atoms with E-state index in [0.29, 0.717) is 29.8 Å². The van der Waals surface area contributed by atoms with Gasteiger partial charge < -0.3 is 5.73 Å². The summed E-state index contributed by atoms with van der Waals surface area (Å²) >= 11 is 0. The number of carbonyl (C=O) groups is 2. The summed E-state index contributed by atoms with van der Waals surface area (Å²) in [5.41, 5.74) is 8.01.